The minimum absolute atomic E-state index is 0.0359. The Morgan fingerprint density at radius 2 is 1.76 bits per heavy atom. The molecule has 1 fully saturated rings. The van der Waals surface area contributed by atoms with Crippen LogP contribution in [0.5, 0.6) is 0 Å². The summed E-state index contributed by atoms with van der Waals surface area (Å²) in [5.41, 5.74) is 1.62. The zero-order chi connectivity index (χ0) is 17.5. The summed E-state index contributed by atoms with van der Waals surface area (Å²) in [6, 6.07) is 14.9. The van der Waals surface area contributed by atoms with Gasteiger partial charge in [0, 0.05) is 30.9 Å². The third kappa shape index (κ3) is 4.79. The van der Waals surface area contributed by atoms with Crippen molar-refractivity contribution in [3.8, 4) is 0 Å². The van der Waals surface area contributed by atoms with Gasteiger partial charge in [0.1, 0.15) is 0 Å². The molecule has 0 aliphatic carbocycles. The predicted molar refractivity (Wildman–Crippen MR) is 95.8 cm³/mol. The average molecular weight is 338 g/mol. The van der Waals surface area contributed by atoms with Crippen LogP contribution in [0.15, 0.2) is 54.7 Å². The molecule has 3 rings (SSSR count). The van der Waals surface area contributed by atoms with Crippen LogP contribution in [-0.4, -0.2) is 34.9 Å². The van der Waals surface area contributed by atoms with Gasteiger partial charge >= 0.3 is 6.03 Å². The van der Waals surface area contributed by atoms with Crippen LogP contribution in [-0.2, 0) is 11.3 Å². The maximum absolute atomic E-state index is 12.3. The summed E-state index contributed by atoms with van der Waals surface area (Å²) in [4.78, 5) is 30.5. The molecule has 0 spiro atoms. The molecule has 130 valence electrons. The quantitative estimate of drug-likeness (QED) is 0.900. The van der Waals surface area contributed by atoms with Gasteiger partial charge in [0.15, 0.2) is 0 Å². The van der Waals surface area contributed by atoms with Crippen LogP contribution in [0.1, 0.15) is 18.5 Å². The van der Waals surface area contributed by atoms with Crippen molar-refractivity contribution in [1.29, 1.82) is 0 Å². The van der Waals surface area contributed by atoms with E-state index in [4.69, 9.17) is 0 Å². The Bertz CT molecular complexity index is 698. The van der Waals surface area contributed by atoms with Gasteiger partial charge in [-0.25, -0.2) is 4.79 Å². The largest absolute Gasteiger partial charge is 0.350 e. The normalized spacial score (nSPS) is 14.8. The van der Waals surface area contributed by atoms with Gasteiger partial charge in [0.2, 0.25) is 5.91 Å². The van der Waals surface area contributed by atoms with E-state index in [9.17, 15) is 9.59 Å². The van der Waals surface area contributed by atoms with Gasteiger partial charge in [-0.05, 0) is 37.1 Å². The number of rotatable bonds is 4. The lowest BCUT2D eigenvalue weighted by molar-refractivity contribution is -0.126. The highest BCUT2D eigenvalue weighted by Gasteiger charge is 2.27. The van der Waals surface area contributed by atoms with Crippen LogP contribution in [0.4, 0.5) is 10.5 Å². The van der Waals surface area contributed by atoms with Crippen molar-refractivity contribution in [2.45, 2.75) is 19.4 Å². The number of benzene rings is 1. The van der Waals surface area contributed by atoms with Crippen molar-refractivity contribution in [2.24, 2.45) is 5.92 Å². The highest BCUT2D eigenvalue weighted by molar-refractivity contribution is 5.89. The number of aromatic nitrogens is 1. The molecular weight excluding hydrogens is 316 g/mol. The molecule has 6 heteroatoms. The minimum Gasteiger partial charge on any atom is -0.350 e. The molecule has 1 aliphatic rings. The molecular formula is C19H22N4O2. The maximum Gasteiger partial charge on any atom is 0.321 e. The molecule has 6 nitrogen and oxygen atoms in total. The van der Waals surface area contributed by atoms with Crippen molar-refractivity contribution in [2.75, 3.05) is 18.4 Å². The Kier molecular flexibility index (Phi) is 5.61. The highest BCUT2D eigenvalue weighted by Crippen LogP contribution is 2.18. The van der Waals surface area contributed by atoms with Crippen molar-refractivity contribution in [3.05, 3.63) is 60.4 Å². The summed E-state index contributed by atoms with van der Waals surface area (Å²) in [5, 5.41) is 5.81. The zero-order valence-electron chi connectivity index (χ0n) is 14.0. The molecule has 1 saturated heterocycles. The second kappa shape index (κ2) is 8.28. The van der Waals surface area contributed by atoms with Crippen molar-refractivity contribution < 1.29 is 9.59 Å². The third-order valence-corrected chi connectivity index (χ3v) is 4.35. The lowest BCUT2D eigenvalue weighted by Gasteiger charge is -2.31. The summed E-state index contributed by atoms with van der Waals surface area (Å²) in [7, 11) is 0. The molecule has 0 saturated carbocycles. The second-order valence-corrected chi connectivity index (χ2v) is 6.10. The molecule has 2 N–H and O–H groups in total. The number of piperidine rings is 1. The number of hydrogen-bond acceptors (Lipinski definition) is 3. The fourth-order valence-electron chi connectivity index (χ4n) is 2.89. The van der Waals surface area contributed by atoms with E-state index in [1.54, 1.807) is 11.1 Å². The van der Waals surface area contributed by atoms with E-state index in [1.807, 2.05) is 48.5 Å². The summed E-state index contributed by atoms with van der Waals surface area (Å²) in [5.74, 6) is -0.0155. The van der Waals surface area contributed by atoms with Gasteiger partial charge in [-0.1, -0.05) is 24.3 Å². The molecule has 1 aromatic carbocycles. The van der Waals surface area contributed by atoms with Crippen LogP contribution in [0.25, 0.3) is 0 Å². The van der Waals surface area contributed by atoms with Crippen LogP contribution >= 0.6 is 0 Å². The van der Waals surface area contributed by atoms with E-state index >= 15 is 0 Å². The van der Waals surface area contributed by atoms with E-state index in [0.717, 1.165) is 11.4 Å². The Labute approximate surface area is 147 Å². The van der Waals surface area contributed by atoms with Gasteiger partial charge in [0.05, 0.1) is 12.2 Å². The van der Waals surface area contributed by atoms with Gasteiger partial charge in [-0.15, -0.1) is 0 Å². The van der Waals surface area contributed by atoms with E-state index < -0.39 is 0 Å². The second-order valence-electron chi connectivity index (χ2n) is 6.10. The van der Waals surface area contributed by atoms with Crippen molar-refractivity contribution in [1.82, 2.24) is 15.2 Å². The summed E-state index contributed by atoms with van der Waals surface area (Å²) < 4.78 is 0. The minimum atomic E-state index is -0.112. The fraction of sp³-hybridized carbons (Fsp3) is 0.316. The first kappa shape index (κ1) is 17.0. The van der Waals surface area contributed by atoms with E-state index in [-0.39, 0.29) is 17.9 Å². The SMILES string of the molecule is O=C(NCc1ccccn1)C1CCN(C(=O)Nc2ccccc2)CC1. The molecule has 3 amide bonds. The van der Waals surface area contributed by atoms with Crippen molar-refractivity contribution in [3.63, 3.8) is 0 Å². The molecule has 1 aliphatic heterocycles. The third-order valence-electron chi connectivity index (χ3n) is 4.35. The average Bonchev–Trinajstić information content (AvgIpc) is 2.68. The molecule has 2 aromatic rings. The molecule has 1 aromatic heterocycles. The van der Waals surface area contributed by atoms with Gasteiger partial charge < -0.3 is 15.5 Å². The lowest BCUT2D eigenvalue weighted by Crippen LogP contribution is -2.44. The van der Waals surface area contributed by atoms with Crippen LogP contribution < -0.4 is 10.6 Å². The van der Waals surface area contributed by atoms with Crippen LogP contribution in [0, 0.1) is 5.92 Å². The standard InChI is InChI=1S/C19H22N4O2/c24-18(21-14-17-8-4-5-11-20-17)15-9-12-23(13-10-15)19(25)22-16-6-2-1-3-7-16/h1-8,11,15H,9-10,12-14H2,(H,21,24)(H,22,25). The van der Waals surface area contributed by atoms with Crippen molar-refractivity contribution >= 4 is 17.6 Å². The first-order valence-electron chi connectivity index (χ1n) is 8.51. The van der Waals surface area contributed by atoms with Gasteiger partial charge in [-0.2, -0.15) is 0 Å². The summed E-state index contributed by atoms with van der Waals surface area (Å²) in [6.45, 7) is 1.61. The lowest BCUT2D eigenvalue weighted by atomic mass is 9.96. The number of likely N-dealkylation sites (tertiary alicyclic amines) is 1. The van der Waals surface area contributed by atoms with Crippen LogP contribution in [0.3, 0.4) is 0 Å². The number of nitrogens with zero attached hydrogens (tertiary/aromatic N) is 2. The fourth-order valence-corrected chi connectivity index (χ4v) is 2.89. The molecule has 25 heavy (non-hydrogen) atoms. The van der Waals surface area contributed by atoms with E-state index in [2.05, 4.69) is 15.6 Å². The van der Waals surface area contributed by atoms with E-state index in [0.29, 0.717) is 32.5 Å². The zero-order valence-corrected chi connectivity index (χ0v) is 14.0. The maximum atomic E-state index is 12.3. The highest BCUT2D eigenvalue weighted by atomic mass is 16.2. The molecule has 2 heterocycles. The predicted octanol–water partition coefficient (Wildman–Crippen LogP) is 2.64. The number of para-hydroxylation sites is 1. The number of hydrogen-bond donors (Lipinski definition) is 2. The summed E-state index contributed by atoms with van der Waals surface area (Å²) >= 11 is 0. The Balaban J connectivity index is 1.43. The Morgan fingerprint density at radius 1 is 1.04 bits per heavy atom. The number of amides is 3. The summed E-state index contributed by atoms with van der Waals surface area (Å²) in [6.07, 6.45) is 3.07. The Hall–Kier alpha value is -2.89. The number of anilines is 1. The van der Waals surface area contributed by atoms with Gasteiger partial charge in [-0.3, -0.25) is 9.78 Å². The van der Waals surface area contributed by atoms with Crippen LogP contribution in [0.2, 0.25) is 0 Å². The molecule has 0 unspecified atom stereocenters. The van der Waals surface area contributed by atoms with Gasteiger partial charge in [0.25, 0.3) is 0 Å². The number of nitrogens with one attached hydrogen (secondary N) is 2. The smallest absolute Gasteiger partial charge is 0.321 e. The number of carbonyl (C=O) groups excluding carboxylic acids is 2. The van der Waals surface area contributed by atoms with E-state index in [1.165, 1.54) is 0 Å². The number of pyridine rings is 1. The first-order valence-corrected chi connectivity index (χ1v) is 8.51. The first-order chi connectivity index (χ1) is 12.2. The molecule has 0 atom stereocenters. The topological polar surface area (TPSA) is 74.3 Å². The monoisotopic (exact) mass is 338 g/mol. The molecule has 0 radical (unpaired) electrons. The number of urea groups is 1. The molecule has 0 bridgehead atoms. The Morgan fingerprint density at radius 3 is 2.44 bits per heavy atom. The number of carbonyl (C=O) groups is 2.